The van der Waals surface area contributed by atoms with Crippen LogP contribution in [0.15, 0.2) is 53.4 Å². The van der Waals surface area contributed by atoms with Crippen molar-refractivity contribution in [2.24, 2.45) is 0 Å². The molecule has 0 aliphatic carbocycles. The Morgan fingerprint density at radius 1 is 1.07 bits per heavy atom. The van der Waals surface area contributed by atoms with Crippen molar-refractivity contribution in [2.75, 3.05) is 6.26 Å². The molecule has 0 aliphatic heterocycles. The van der Waals surface area contributed by atoms with Gasteiger partial charge < -0.3 is 10.4 Å². The molecule has 0 aromatic heterocycles. The molecule has 0 saturated heterocycles. The van der Waals surface area contributed by atoms with Crippen LogP contribution in [0.3, 0.4) is 0 Å². The molecule has 3 unspecified atom stereocenters. The zero-order valence-electron chi connectivity index (χ0n) is 15.2. The first-order valence-electron chi connectivity index (χ1n) is 8.43. The maximum absolute atomic E-state index is 13.2. The fourth-order valence-corrected chi connectivity index (χ4v) is 3.33. The summed E-state index contributed by atoms with van der Waals surface area (Å²) >= 11 is 1.01. The molecule has 0 bridgehead atoms. The van der Waals surface area contributed by atoms with Gasteiger partial charge in [0.1, 0.15) is 0 Å². The molecule has 0 radical (unpaired) electrons. The van der Waals surface area contributed by atoms with Crippen LogP contribution in [0.2, 0.25) is 0 Å². The second-order valence-corrected chi connectivity index (χ2v) is 7.18. The summed E-state index contributed by atoms with van der Waals surface area (Å²) in [5, 5.41) is 13.0. The Balaban J connectivity index is 2.15. The average molecular weight is 397 g/mol. The van der Waals surface area contributed by atoms with E-state index < -0.39 is 35.7 Å². The van der Waals surface area contributed by atoms with Gasteiger partial charge in [0.05, 0.1) is 23.6 Å². The quantitative estimate of drug-likeness (QED) is 0.691. The molecule has 0 saturated carbocycles. The molecule has 3 nitrogen and oxygen atoms in total. The molecule has 0 fully saturated rings. The SMILES string of the molecule is CSc1ccc(C(C)C(=O)NC(C)C(O)c2ccccc2)cc1C(F)(F)F. The van der Waals surface area contributed by atoms with Gasteiger partial charge in [-0.15, -0.1) is 11.8 Å². The predicted octanol–water partition coefficient (Wildman–Crippen LogP) is 4.77. The maximum atomic E-state index is 13.2. The van der Waals surface area contributed by atoms with Crippen LogP contribution in [0.25, 0.3) is 0 Å². The molecule has 2 aromatic carbocycles. The number of carbonyl (C=O) groups excluding carboxylic acids is 1. The van der Waals surface area contributed by atoms with Crippen molar-refractivity contribution in [3.8, 4) is 0 Å². The van der Waals surface area contributed by atoms with E-state index in [9.17, 15) is 23.1 Å². The molecule has 0 spiro atoms. The Kier molecular flexibility index (Phi) is 6.95. The summed E-state index contributed by atoms with van der Waals surface area (Å²) in [6, 6.07) is 12.2. The Labute approximate surface area is 161 Å². The van der Waals surface area contributed by atoms with Crippen molar-refractivity contribution < 1.29 is 23.1 Å². The van der Waals surface area contributed by atoms with Crippen LogP contribution >= 0.6 is 11.8 Å². The van der Waals surface area contributed by atoms with Crippen LogP contribution in [0.1, 0.15) is 42.6 Å². The highest BCUT2D eigenvalue weighted by molar-refractivity contribution is 7.98. The van der Waals surface area contributed by atoms with E-state index in [1.54, 1.807) is 44.4 Å². The van der Waals surface area contributed by atoms with Crippen molar-refractivity contribution in [2.45, 2.75) is 43.0 Å². The fourth-order valence-electron chi connectivity index (χ4n) is 2.74. The molecular formula is C20H22F3NO2S. The van der Waals surface area contributed by atoms with E-state index in [4.69, 9.17) is 0 Å². The third kappa shape index (κ3) is 5.26. The zero-order valence-corrected chi connectivity index (χ0v) is 16.1. The lowest BCUT2D eigenvalue weighted by atomic mass is 9.96. The number of carbonyl (C=O) groups is 1. The van der Waals surface area contributed by atoms with Gasteiger partial charge in [0.15, 0.2) is 0 Å². The van der Waals surface area contributed by atoms with E-state index in [0.717, 1.165) is 17.8 Å². The summed E-state index contributed by atoms with van der Waals surface area (Å²) < 4.78 is 39.7. The van der Waals surface area contributed by atoms with Crippen molar-refractivity contribution >= 4 is 17.7 Å². The van der Waals surface area contributed by atoms with Gasteiger partial charge in [-0.2, -0.15) is 13.2 Å². The van der Waals surface area contributed by atoms with Gasteiger partial charge in [-0.05, 0) is 43.4 Å². The van der Waals surface area contributed by atoms with E-state index in [1.807, 2.05) is 6.07 Å². The minimum absolute atomic E-state index is 0.117. The number of amides is 1. The van der Waals surface area contributed by atoms with E-state index in [2.05, 4.69) is 5.32 Å². The third-order valence-corrected chi connectivity index (χ3v) is 5.20. The molecule has 1 amide bonds. The normalized spacial score (nSPS) is 15.1. The van der Waals surface area contributed by atoms with Crippen LogP contribution in [-0.2, 0) is 11.0 Å². The highest BCUT2D eigenvalue weighted by atomic mass is 32.2. The smallest absolute Gasteiger partial charge is 0.386 e. The van der Waals surface area contributed by atoms with Crippen molar-refractivity contribution in [1.29, 1.82) is 0 Å². The molecule has 3 atom stereocenters. The van der Waals surface area contributed by atoms with Gasteiger partial charge in [-0.1, -0.05) is 36.4 Å². The topological polar surface area (TPSA) is 49.3 Å². The van der Waals surface area contributed by atoms with Crippen LogP contribution < -0.4 is 5.32 Å². The summed E-state index contributed by atoms with van der Waals surface area (Å²) in [6.07, 6.45) is -3.82. The van der Waals surface area contributed by atoms with Crippen LogP contribution in [-0.4, -0.2) is 23.3 Å². The maximum Gasteiger partial charge on any atom is 0.417 e. The standard InChI is InChI=1S/C20H22F3NO2S/c1-12(15-9-10-17(27-3)16(11-15)20(21,22)23)19(26)24-13(2)18(25)14-7-5-4-6-8-14/h4-13,18,25H,1-3H3,(H,24,26). The van der Waals surface area contributed by atoms with Crippen molar-refractivity contribution in [1.82, 2.24) is 5.32 Å². The predicted molar refractivity (Wildman–Crippen MR) is 101 cm³/mol. The van der Waals surface area contributed by atoms with Gasteiger partial charge >= 0.3 is 6.18 Å². The van der Waals surface area contributed by atoms with Crippen LogP contribution in [0, 0.1) is 0 Å². The number of alkyl halides is 3. The van der Waals surface area contributed by atoms with Gasteiger partial charge in [0.25, 0.3) is 0 Å². The Morgan fingerprint density at radius 3 is 2.26 bits per heavy atom. The van der Waals surface area contributed by atoms with Crippen LogP contribution in [0.4, 0.5) is 13.2 Å². The summed E-state index contributed by atoms with van der Waals surface area (Å²) in [5.41, 5.74) is 0.185. The number of thioether (sulfide) groups is 1. The van der Waals surface area contributed by atoms with Crippen molar-refractivity contribution in [3.63, 3.8) is 0 Å². The van der Waals surface area contributed by atoms with Gasteiger partial charge in [0.2, 0.25) is 5.91 Å². The first-order chi connectivity index (χ1) is 12.6. The number of rotatable bonds is 6. The van der Waals surface area contributed by atoms with Crippen LogP contribution in [0.5, 0.6) is 0 Å². The number of halogens is 3. The zero-order chi connectivity index (χ0) is 20.2. The molecule has 0 heterocycles. The molecule has 7 heteroatoms. The Hall–Kier alpha value is -1.99. The monoisotopic (exact) mass is 397 g/mol. The molecule has 2 N–H and O–H groups in total. The number of hydrogen-bond acceptors (Lipinski definition) is 3. The Morgan fingerprint density at radius 2 is 1.70 bits per heavy atom. The summed E-state index contributed by atoms with van der Waals surface area (Å²) in [5.74, 6) is -1.23. The Bertz CT molecular complexity index is 781. The highest BCUT2D eigenvalue weighted by Gasteiger charge is 2.34. The summed E-state index contributed by atoms with van der Waals surface area (Å²) in [6.45, 7) is 3.20. The van der Waals surface area contributed by atoms with E-state index >= 15 is 0 Å². The molecular weight excluding hydrogens is 375 g/mol. The second kappa shape index (κ2) is 8.80. The van der Waals surface area contributed by atoms with E-state index in [1.165, 1.54) is 12.1 Å². The lowest BCUT2D eigenvalue weighted by Gasteiger charge is -2.23. The van der Waals surface area contributed by atoms with Gasteiger partial charge in [-0.25, -0.2) is 0 Å². The minimum Gasteiger partial charge on any atom is -0.386 e. The third-order valence-electron chi connectivity index (χ3n) is 4.41. The van der Waals surface area contributed by atoms with Gasteiger partial charge in [0, 0.05) is 4.90 Å². The number of nitrogens with one attached hydrogen (secondary N) is 1. The number of benzene rings is 2. The average Bonchev–Trinajstić information content (AvgIpc) is 2.66. The summed E-state index contributed by atoms with van der Waals surface area (Å²) in [7, 11) is 0. The molecule has 2 rings (SSSR count). The first-order valence-corrected chi connectivity index (χ1v) is 9.66. The largest absolute Gasteiger partial charge is 0.417 e. The lowest BCUT2D eigenvalue weighted by molar-refractivity contribution is -0.140. The fraction of sp³-hybridized carbons (Fsp3) is 0.350. The van der Waals surface area contributed by atoms with E-state index in [-0.39, 0.29) is 10.5 Å². The summed E-state index contributed by atoms with van der Waals surface area (Å²) in [4.78, 5) is 12.6. The molecule has 27 heavy (non-hydrogen) atoms. The first kappa shape index (κ1) is 21.3. The number of aliphatic hydroxyl groups is 1. The van der Waals surface area contributed by atoms with Gasteiger partial charge in [-0.3, -0.25) is 4.79 Å². The number of hydrogen-bond donors (Lipinski definition) is 2. The molecule has 2 aromatic rings. The lowest BCUT2D eigenvalue weighted by Crippen LogP contribution is -2.39. The molecule has 146 valence electrons. The van der Waals surface area contributed by atoms with E-state index in [0.29, 0.717) is 5.56 Å². The minimum atomic E-state index is -4.48. The molecule has 0 aliphatic rings. The second-order valence-electron chi connectivity index (χ2n) is 6.33. The highest BCUT2D eigenvalue weighted by Crippen LogP contribution is 2.37. The number of aliphatic hydroxyl groups excluding tert-OH is 1. The van der Waals surface area contributed by atoms with Crippen molar-refractivity contribution in [3.05, 3.63) is 65.2 Å².